The molecule has 0 heterocycles. The van der Waals surface area contributed by atoms with Gasteiger partial charge in [-0.25, -0.2) is 0 Å². The first-order valence-corrected chi connectivity index (χ1v) is 6.39. The molecule has 1 saturated carbocycles. The van der Waals surface area contributed by atoms with Gasteiger partial charge in [-0.1, -0.05) is 31.2 Å². The molecule has 0 atom stereocenters. The summed E-state index contributed by atoms with van der Waals surface area (Å²) in [6, 6.07) is 8.33. The zero-order chi connectivity index (χ0) is 12.3. The lowest BCUT2D eigenvalue weighted by molar-refractivity contribution is 0.255. The first-order chi connectivity index (χ1) is 8.20. The van der Waals surface area contributed by atoms with Gasteiger partial charge in [-0.2, -0.15) is 0 Å². The summed E-state index contributed by atoms with van der Waals surface area (Å²) in [4.78, 5) is 2.52. The van der Waals surface area contributed by atoms with E-state index in [1.54, 1.807) is 12.1 Å². The van der Waals surface area contributed by atoms with Crippen molar-refractivity contribution in [3.8, 4) is 0 Å². The molecule has 0 aliphatic heterocycles. The first kappa shape index (κ1) is 12.6. The van der Waals surface area contributed by atoms with Gasteiger partial charge in [0, 0.05) is 12.6 Å². The van der Waals surface area contributed by atoms with Crippen LogP contribution in [0.2, 0.25) is 0 Å². The molecule has 1 aliphatic carbocycles. The molecular formula is C13H20BNO2. The molecule has 1 aliphatic rings. The smallest absolute Gasteiger partial charge is 0.423 e. The maximum atomic E-state index is 9.02. The number of hydrogen-bond donors (Lipinski definition) is 2. The molecule has 1 aromatic rings. The zero-order valence-corrected chi connectivity index (χ0v) is 10.3. The van der Waals surface area contributed by atoms with E-state index < -0.39 is 7.12 Å². The molecule has 0 aromatic heterocycles. The van der Waals surface area contributed by atoms with Crippen LogP contribution in [-0.4, -0.2) is 34.7 Å². The Morgan fingerprint density at radius 2 is 1.88 bits per heavy atom. The Balaban J connectivity index is 1.96. The SMILES string of the molecule is CCCN(Cc1ccc(B(O)O)cc1)C1CC1. The fourth-order valence-electron chi connectivity index (χ4n) is 2.15. The zero-order valence-electron chi connectivity index (χ0n) is 10.3. The van der Waals surface area contributed by atoms with Crippen LogP contribution in [0.3, 0.4) is 0 Å². The Labute approximate surface area is 103 Å². The molecule has 0 bridgehead atoms. The Morgan fingerprint density at radius 3 is 2.35 bits per heavy atom. The first-order valence-electron chi connectivity index (χ1n) is 6.39. The van der Waals surface area contributed by atoms with Gasteiger partial charge in [0.15, 0.2) is 0 Å². The fourth-order valence-corrected chi connectivity index (χ4v) is 2.15. The van der Waals surface area contributed by atoms with E-state index in [1.165, 1.54) is 24.8 Å². The minimum Gasteiger partial charge on any atom is -0.423 e. The normalized spacial score (nSPS) is 15.3. The third-order valence-electron chi connectivity index (χ3n) is 3.24. The quantitative estimate of drug-likeness (QED) is 0.712. The number of rotatable bonds is 6. The van der Waals surface area contributed by atoms with Crippen LogP contribution >= 0.6 is 0 Å². The molecule has 92 valence electrons. The summed E-state index contributed by atoms with van der Waals surface area (Å²) in [6.07, 6.45) is 3.84. The van der Waals surface area contributed by atoms with Crippen molar-refractivity contribution in [3.05, 3.63) is 29.8 Å². The predicted molar refractivity (Wildman–Crippen MR) is 70.0 cm³/mol. The van der Waals surface area contributed by atoms with Crippen molar-refractivity contribution in [3.63, 3.8) is 0 Å². The van der Waals surface area contributed by atoms with Crippen molar-refractivity contribution >= 4 is 12.6 Å². The lowest BCUT2D eigenvalue weighted by Gasteiger charge is -2.21. The lowest BCUT2D eigenvalue weighted by atomic mass is 9.80. The second-order valence-electron chi connectivity index (χ2n) is 4.82. The third-order valence-corrected chi connectivity index (χ3v) is 3.24. The van der Waals surface area contributed by atoms with E-state index in [-0.39, 0.29) is 0 Å². The summed E-state index contributed by atoms with van der Waals surface area (Å²) >= 11 is 0. The van der Waals surface area contributed by atoms with Crippen molar-refractivity contribution in [2.24, 2.45) is 0 Å². The van der Waals surface area contributed by atoms with Gasteiger partial charge in [0.2, 0.25) is 0 Å². The fraction of sp³-hybridized carbons (Fsp3) is 0.538. The summed E-state index contributed by atoms with van der Waals surface area (Å²) in [7, 11) is -1.36. The summed E-state index contributed by atoms with van der Waals surface area (Å²) in [5.41, 5.74) is 1.80. The van der Waals surface area contributed by atoms with Gasteiger partial charge in [0.1, 0.15) is 0 Å². The van der Waals surface area contributed by atoms with E-state index in [0.29, 0.717) is 5.46 Å². The van der Waals surface area contributed by atoms with E-state index in [9.17, 15) is 0 Å². The molecule has 0 radical (unpaired) electrons. The van der Waals surface area contributed by atoms with Crippen LogP contribution in [0.5, 0.6) is 0 Å². The van der Waals surface area contributed by atoms with Gasteiger partial charge < -0.3 is 10.0 Å². The molecule has 4 heteroatoms. The van der Waals surface area contributed by atoms with E-state index >= 15 is 0 Å². The predicted octanol–water partition coefficient (Wildman–Crippen LogP) is 0.741. The monoisotopic (exact) mass is 233 g/mol. The maximum absolute atomic E-state index is 9.02. The summed E-state index contributed by atoms with van der Waals surface area (Å²) in [6.45, 7) is 4.33. The minimum absolute atomic E-state index is 0.558. The topological polar surface area (TPSA) is 43.7 Å². The van der Waals surface area contributed by atoms with Gasteiger partial charge in [0.25, 0.3) is 0 Å². The average molecular weight is 233 g/mol. The molecule has 0 unspecified atom stereocenters. The van der Waals surface area contributed by atoms with Gasteiger partial charge in [-0.3, -0.25) is 4.90 Å². The largest absolute Gasteiger partial charge is 0.488 e. The molecule has 0 saturated heterocycles. The Bertz CT molecular complexity index is 349. The number of hydrogen-bond acceptors (Lipinski definition) is 3. The summed E-state index contributed by atoms with van der Waals surface area (Å²) in [5, 5.41) is 18.0. The van der Waals surface area contributed by atoms with Crippen LogP contribution in [0.1, 0.15) is 31.7 Å². The highest BCUT2D eigenvalue weighted by Gasteiger charge is 2.28. The Morgan fingerprint density at radius 1 is 1.24 bits per heavy atom. The van der Waals surface area contributed by atoms with E-state index in [0.717, 1.165) is 19.1 Å². The van der Waals surface area contributed by atoms with Crippen molar-refractivity contribution in [2.45, 2.75) is 38.8 Å². The van der Waals surface area contributed by atoms with Crippen LogP contribution in [0.25, 0.3) is 0 Å². The lowest BCUT2D eigenvalue weighted by Crippen LogP contribution is -2.30. The van der Waals surface area contributed by atoms with E-state index in [4.69, 9.17) is 10.0 Å². The molecular weight excluding hydrogens is 213 g/mol. The summed E-state index contributed by atoms with van der Waals surface area (Å²) in [5.74, 6) is 0. The number of nitrogens with zero attached hydrogens (tertiary/aromatic N) is 1. The molecule has 17 heavy (non-hydrogen) atoms. The van der Waals surface area contributed by atoms with Gasteiger partial charge >= 0.3 is 7.12 Å². The molecule has 2 rings (SSSR count). The van der Waals surface area contributed by atoms with Gasteiger partial charge in [0.05, 0.1) is 0 Å². The molecule has 1 fully saturated rings. The van der Waals surface area contributed by atoms with Crippen LogP contribution < -0.4 is 5.46 Å². The van der Waals surface area contributed by atoms with Crippen LogP contribution in [0, 0.1) is 0 Å². The molecule has 3 nitrogen and oxygen atoms in total. The Hall–Kier alpha value is -0.835. The number of benzene rings is 1. The van der Waals surface area contributed by atoms with E-state index in [2.05, 4.69) is 11.8 Å². The van der Waals surface area contributed by atoms with Crippen LogP contribution in [0.15, 0.2) is 24.3 Å². The average Bonchev–Trinajstić information content (AvgIpc) is 3.13. The highest BCUT2D eigenvalue weighted by Crippen LogP contribution is 2.28. The summed E-state index contributed by atoms with van der Waals surface area (Å²) < 4.78 is 0. The van der Waals surface area contributed by atoms with Crippen molar-refractivity contribution in [1.82, 2.24) is 4.90 Å². The minimum atomic E-state index is -1.36. The van der Waals surface area contributed by atoms with Crippen LogP contribution in [-0.2, 0) is 6.54 Å². The highest BCUT2D eigenvalue weighted by atomic mass is 16.4. The van der Waals surface area contributed by atoms with Crippen molar-refractivity contribution in [2.75, 3.05) is 6.54 Å². The molecule has 2 N–H and O–H groups in total. The molecule has 0 amide bonds. The maximum Gasteiger partial charge on any atom is 0.488 e. The third kappa shape index (κ3) is 3.56. The second-order valence-corrected chi connectivity index (χ2v) is 4.82. The standard InChI is InChI=1S/C13H20BNO2/c1-2-9-15(13-7-8-13)10-11-3-5-12(6-4-11)14(16)17/h3-6,13,16-17H,2,7-10H2,1H3. The molecule has 0 spiro atoms. The van der Waals surface area contributed by atoms with Crippen molar-refractivity contribution in [1.29, 1.82) is 0 Å². The van der Waals surface area contributed by atoms with Gasteiger partial charge in [-0.05, 0) is 36.8 Å². The second kappa shape index (κ2) is 5.67. The van der Waals surface area contributed by atoms with Crippen LogP contribution in [0.4, 0.5) is 0 Å². The van der Waals surface area contributed by atoms with E-state index in [1.807, 2.05) is 12.1 Å². The molecule has 1 aromatic carbocycles. The van der Waals surface area contributed by atoms with Gasteiger partial charge in [-0.15, -0.1) is 0 Å². The van der Waals surface area contributed by atoms with Crippen molar-refractivity contribution < 1.29 is 10.0 Å². The Kier molecular flexibility index (Phi) is 4.21. The highest BCUT2D eigenvalue weighted by molar-refractivity contribution is 6.58.